The van der Waals surface area contributed by atoms with E-state index < -0.39 is 5.97 Å². The fourth-order valence-corrected chi connectivity index (χ4v) is 0.834. The number of allylic oxidation sites excluding steroid dienone is 1. The molecule has 0 aromatic carbocycles. The lowest BCUT2D eigenvalue weighted by Gasteiger charge is -2.03. The first kappa shape index (κ1) is 11.7. The number of ether oxygens (including phenoxy) is 2. The van der Waals surface area contributed by atoms with Crippen molar-refractivity contribution in [3.63, 3.8) is 0 Å². The van der Waals surface area contributed by atoms with Crippen LogP contribution in [0.1, 0.15) is 19.8 Å². The Bertz CT molecular complexity index is 218. The van der Waals surface area contributed by atoms with Crippen molar-refractivity contribution in [2.75, 3.05) is 14.2 Å². The first-order valence-electron chi connectivity index (χ1n) is 3.96. The van der Waals surface area contributed by atoms with Gasteiger partial charge >= 0.3 is 11.9 Å². The molecule has 0 aromatic rings. The van der Waals surface area contributed by atoms with Gasteiger partial charge in [-0.25, -0.2) is 4.79 Å². The highest BCUT2D eigenvalue weighted by molar-refractivity contribution is 5.88. The molecule has 0 bridgehead atoms. The van der Waals surface area contributed by atoms with Gasteiger partial charge in [-0.3, -0.25) is 4.79 Å². The smallest absolute Gasteiger partial charge is 0.333 e. The SMILES string of the molecule is C/C=C(/CCC(=O)OC)C(=O)OC. The normalized spacial score (nSPS) is 10.8. The van der Waals surface area contributed by atoms with Gasteiger partial charge in [-0.15, -0.1) is 0 Å². The Balaban J connectivity index is 4.02. The molecule has 0 rings (SSSR count). The number of esters is 2. The van der Waals surface area contributed by atoms with E-state index in [1.54, 1.807) is 13.0 Å². The maximum atomic E-state index is 11.0. The van der Waals surface area contributed by atoms with E-state index in [2.05, 4.69) is 9.47 Å². The van der Waals surface area contributed by atoms with Crippen LogP contribution >= 0.6 is 0 Å². The van der Waals surface area contributed by atoms with Crippen molar-refractivity contribution in [3.8, 4) is 0 Å². The molecule has 74 valence electrons. The summed E-state index contributed by atoms with van der Waals surface area (Å²) in [5, 5.41) is 0. The van der Waals surface area contributed by atoms with E-state index in [-0.39, 0.29) is 12.4 Å². The fourth-order valence-electron chi connectivity index (χ4n) is 0.834. The molecule has 0 aromatic heterocycles. The van der Waals surface area contributed by atoms with Gasteiger partial charge in [0.15, 0.2) is 0 Å². The van der Waals surface area contributed by atoms with E-state index in [4.69, 9.17) is 0 Å². The predicted octanol–water partition coefficient (Wildman–Crippen LogP) is 1.06. The van der Waals surface area contributed by atoms with Crippen LogP contribution in [0.5, 0.6) is 0 Å². The van der Waals surface area contributed by atoms with Gasteiger partial charge in [-0.2, -0.15) is 0 Å². The maximum absolute atomic E-state index is 11.0. The Labute approximate surface area is 77.5 Å². The molecule has 0 N–H and O–H groups in total. The van der Waals surface area contributed by atoms with Crippen molar-refractivity contribution in [3.05, 3.63) is 11.6 Å². The standard InChI is InChI=1S/C9H14O4/c1-4-7(9(11)13-3)5-6-8(10)12-2/h4H,5-6H2,1-3H3/b7-4-. The first-order chi connectivity index (χ1) is 6.15. The summed E-state index contributed by atoms with van der Waals surface area (Å²) in [6, 6.07) is 0. The van der Waals surface area contributed by atoms with Gasteiger partial charge in [0, 0.05) is 12.0 Å². The zero-order chi connectivity index (χ0) is 10.3. The highest BCUT2D eigenvalue weighted by Crippen LogP contribution is 2.07. The second-order valence-electron chi connectivity index (χ2n) is 2.38. The van der Waals surface area contributed by atoms with Gasteiger partial charge in [0.25, 0.3) is 0 Å². The molecule has 0 saturated carbocycles. The predicted molar refractivity (Wildman–Crippen MR) is 47.0 cm³/mol. The Kier molecular flexibility index (Phi) is 5.59. The monoisotopic (exact) mass is 186 g/mol. The summed E-state index contributed by atoms with van der Waals surface area (Å²) in [7, 11) is 2.62. The third kappa shape index (κ3) is 4.30. The molecule has 4 heteroatoms. The summed E-state index contributed by atoms with van der Waals surface area (Å²) < 4.78 is 8.95. The number of hydrogen-bond acceptors (Lipinski definition) is 4. The van der Waals surface area contributed by atoms with Crippen molar-refractivity contribution >= 4 is 11.9 Å². The summed E-state index contributed by atoms with van der Waals surface area (Å²) >= 11 is 0. The number of methoxy groups -OCH3 is 2. The summed E-state index contributed by atoms with van der Waals surface area (Å²) in [5.74, 6) is -0.727. The minimum Gasteiger partial charge on any atom is -0.469 e. The number of carbonyl (C=O) groups is 2. The van der Waals surface area contributed by atoms with Crippen LogP contribution in [-0.2, 0) is 19.1 Å². The lowest BCUT2D eigenvalue weighted by atomic mass is 10.1. The van der Waals surface area contributed by atoms with Crippen LogP contribution in [-0.4, -0.2) is 26.2 Å². The lowest BCUT2D eigenvalue weighted by Crippen LogP contribution is -2.07. The maximum Gasteiger partial charge on any atom is 0.333 e. The van der Waals surface area contributed by atoms with E-state index in [9.17, 15) is 9.59 Å². The molecule has 0 unspecified atom stereocenters. The average Bonchev–Trinajstić information content (AvgIpc) is 2.17. The number of hydrogen-bond donors (Lipinski definition) is 0. The Morgan fingerprint density at radius 2 is 1.77 bits per heavy atom. The van der Waals surface area contributed by atoms with Crippen LogP contribution in [0.15, 0.2) is 11.6 Å². The van der Waals surface area contributed by atoms with Crippen molar-refractivity contribution < 1.29 is 19.1 Å². The molecule has 0 aliphatic heterocycles. The van der Waals surface area contributed by atoms with Crippen LogP contribution in [0.2, 0.25) is 0 Å². The minimum absolute atomic E-state index is 0.200. The molecule has 0 spiro atoms. The highest BCUT2D eigenvalue weighted by Gasteiger charge is 2.10. The van der Waals surface area contributed by atoms with Crippen LogP contribution in [0.25, 0.3) is 0 Å². The fraction of sp³-hybridized carbons (Fsp3) is 0.556. The molecule has 0 aliphatic carbocycles. The van der Waals surface area contributed by atoms with Gasteiger partial charge in [-0.05, 0) is 13.3 Å². The van der Waals surface area contributed by atoms with E-state index in [1.807, 2.05) is 0 Å². The Morgan fingerprint density at radius 1 is 1.15 bits per heavy atom. The van der Waals surface area contributed by atoms with Crippen LogP contribution in [0.3, 0.4) is 0 Å². The second kappa shape index (κ2) is 6.22. The van der Waals surface area contributed by atoms with Crippen LogP contribution < -0.4 is 0 Å². The van der Waals surface area contributed by atoms with E-state index >= 15 is 0 Å². The zero-order valence-corrected chi connectivity index (χ0v) is 8.12. The van der Waals surface area contributed by atoms with Crippen LogP contribution in [0.4, 0.5) is 0 Å². The molecule has 0 heterocycles. The minimum atomic E-state index is -0.397. The molecule has 0 atom stereocenters. The first-order valence-corrected chi connectivity index (χ1v) is 3.96. The zero-order valence-electron chi connectivity index (χ0n) is 8.12. The Morgan fingerprint density at radius 3 is 2.15 bits per heavy atom. The molecule has 0 aliphatic rings. The van der Waals surface area contributed by atoms with Gasteiger partial charge in [0.2, 0.25) is 0 Å². The molecule has 0 fully saturated rings. The largest absolute Gasteiger partial charge is 0.469 e. The molecule has 0 amide bonds. The molecule has 0 saturated heterocycles. The quantitative estimate of drug-likeness (QED) is 0.486. The molecular formula is C9H14O4. The lowest BCUT2D eigenvalue weighted by molar-refractivity contribution is -0.140. The van der Waals surface area contributed by atoms with Crippen molar-refractivity contribution in [1.82, 2.24) is 0 Å². The van der Waals surface area contributed by atoms with E-state index in [0.717, 1.165) is 0 Å². The van der Waals surface area contributed by atoms with E-state index in [0.29, 0.717) is 12.0 Å². The Hall–Kier alpha value is -1.32. The van der Waals surface area contributed by atoms with Crippen molar-refractivity contribution in [2.45, 2.75) is 19.8 Å². The molecule has 13 heavy (non-hydrogen) atoms. The second-order valence-corrected chi connectivity index (χ2v) is 2.38. The number of carbonyl (C=O) groups excluding carboxylic acids is 2. The molecule has 4 nitrogen and oxygen atoms in total. The van der Waals surface area contributed by atoms with E-state index in [1.165, 1.54) is 14.2 Å². The van der Waals surface area contributed by atoms with Gasteiger partial charge in [-0.1, -0.05) is 6.08 Å². The summed E-state index contributed by atoms with van der Waals surface area (Å²) in [4.78, 5) is 21.7. The summed E-state index contributed by atoms with van der Waals surface area (Å²) in [6.07, 6.45) is 2.19. The average molecular weight is 186 g/mol. The van der Waals surface area contributed by atoms with Crippen molar-refractivity contribution in [2.24, 2.45) is 0 Å². The number of rotatable bonds is 4. The summed E-state index contributed by atoms with van der Waals surface area (Å²) in [5.41, 5.74) is 0.493. The van der Waals surface area contributed by atoms with Crippen LogP contribution in [0, 0.1) is 0 Å². The molecule has 0 radical (unpaired) electrons. The third-order valence-electron chi connectivity index (χ3n) is 1.62. The van der Waals surface area contributed by atoms with Gasteiger partial charge in [0.1, 0.15) is 0 Å². The highest BCUT2D eigenvalue weighted by atomic mass is 16.5. The van der Waals surface area contributed by atoms with Crippen molar-refractivity contribution in [1.29, 1.82) is 0 Å². The van der Waals surface area contributed by atoms with Gasteiger partial charge in [0.05, 0.1) is 14.2 Å². The summed E-state index contributed by atoms with van der Waals surface area (Å²) in [6.45, 7) is 1.73. The third-order valence-corrected chi connectivity index (χ3v) is 1.62. The topological polar surface area (TPSA) is 52.6 Å². The van der Waals surface area contributed by atoms with Gasteiger partial charge < -0.3 is 9.47 Å². The molecular weight excluding hydrogens is 172 g/mol.